The molecule has 0 atom stereocenters. The lowest BCUT2D eigenvalue weighted by Crippen LogP contribution is -2.29. The minimum atomic E-state index is -3.45. The number of sulfonamides is 1. The van der Waals surface area contributed by atoms with E-state index in [0.29, 0.717) is 5.56 Å². The van der Waals surface area contributed by atoms with Crippen LogP contribution in [0.5, 0.6) is 0 Å². The molecule has 2 rings (SSSR count). The van der Waals surface area contributed by atoms with E-state index in [4.69, 9.17) is 0 Å². The van der Waals surface area contributed by atoms with Gasteiger partial charge in [-0.1, -0.05) is 12.1 Å². The van der Waals surface area contributed by atoms with Crippen molar-refractivity contribution in [3.8, 4) is 0 Å². The first-order valence-electron chi connectivity index (χ1n) is 5.52. The molecule has 0 aromatic heterocycles. The normalized spacial score (nSPS) is 16.2. The molecule has 4 nitrogen and oxygen atoms in total. The summed E-state index contributed by atoms with van der Waals surface area (Å²) in [6, 6.07) is 6.32. The quantitative estimate of drug-likeness (QED) is 0.767. The Kier molecular flexibility index (Phi) is 3.05. The maximum Gasteiger partial charge on any atom is 0.243 e. The molecule has 1 aliphatic rings. The number of nitrogens with zero attached hydrogens (tertiary/aromatic N) is 1. The molecule has 1 saturated carbocycles. The summed E-state index contributed by atoms with van der Waals surface area (Å²) in [5, 5.41) is 0. The Bertz CT molecular complexity index is 547. The number of hydrogen-bond acceptors (Lipinski definition) is 3. The summed E-state index contributed by atoms with van der Waals surface area (Å²) < 4.78 is 25.8. The monoisotopic (exact) mass is 253 g/mol. The second-order valence-electron chi connectivity index (χ2n) is 4.34. The standard InChI is InChI=1S/C12H15NO3S/c1-9(14)10-4-3-5-12(8-10)17(15,16)13(2)11-6-7-11/h3-5,8,11H,6-7H2,1-2H3. The number of ketones is 1. The van der Waals surface area contributed by atoms with Gasteiger partial charge in [0.15, 0.2) is 5.78 Å². The summed E-state index contributed by atoms with van der Waals surface area (Å²) in [4.78, 5) is 11.4. The third-order valence-electron chi connectivity index (χ3n) is 2.98. The molecule has 0 unspecified atom stereocenters. The van der Waals surface area contributed by atoms with Gasteiger partial charge in [-0.2, -0.15) is 4.31 Å². The van der Waals surface area contributed by atoms with Gasteiger partial charge in [0, 0.05) is 18.7 Å². The smallest absolute Gasteiger partial charge is 0.243 e. The molecule has 1 fully saturated rings. The molecule has 5 heteroatoms. The van der Waals surface area contributed by atoms with Crippen LogP contribution in [0.3, 0.4) is 0 Å². The maximum absolute atomic E-state index is 12.2. The van der Waals surface area contributed by atoms with Crippen LogP contribution in [0.2, 0.25) is 0 Å². The number of carbonyl (C=O) groups excluding carboxylic acids is 1. The van der Waals surface area contributed by atoms with E-state index >= 15 is 0 Å². The highest BCUT2D eigenvalue weighted by Gasteiger charge is 2.35. The van der Waals surface area contributed by atoms with Gasteiger partial charge in [-0.25, -0.2) is 8.42 Å². The SMILES string of the molecule is CC(=O)c1cccc(S(=O)(=O)N(C)C2CC2)c1. The lowest BCUT2D eigenvalue weighted by Gasteiger charge is -2.16. The van der Waals surface area contributed by atoms with Crippen LogP contribution in [0.25, 0.3) is 0 Å². The minimum absolute atomic E-state index is 0.126. The second-order valence-corrected chi connectivity index (χ2v) is 6.33. The van der Waals surface area contributed by atoms with E-state index in [1.54, 1.807) is 19.2 Å². The van der Waals surface area contributed by atoms with Crippen molar-refractivity contribution in [2.24, 2.45) is 0 Å². The van der Waals surface area contributed by atoms with E-state index in [1.807, 2.05) is 0 Å². The van der Waals surface area contributed by atoms with Crippen LogP contribution < -0.4 is 0 Å². The van der Waals surface area contributed by atoms with Crippen LogP contribution >= 0.6 is 0 Å². The molecule has 1 aliphatic carbocycles. The molecule has 0 spiro atoms. The van der Waals surface area contributed by atoms with Gasteiger partial charge >= 0.3 is 0 Å². The summed E-state index contributed by atoms with van der Waals surface area (Å²) >= 11 is 0. The Labute approximate surface area is 101 Å². The Balaban J connectivity index is 2.38. The van der Waals surface area contributed by atoms with Gasteiger partial charge in [0.25, 0.3) is 0 Å². The van der Waals surface area contributed by atoms with E-state index in [-0.39, 0.29) is 16.7 Å². The van der Waals surface area contributed by atoms with Gasteiger partial charge in [0.1, 0.15) is 0 Å². The third kappa shape index (κ3) is 2.40. The van der Waals surface area contributed by atoms with Crippen molar-refractivity contribution in [2.45, 2.75) is 30.7 Å². The van der Waals surface area contributed by atoms with E-state index in [1.165, 1.54) is 23.4 Å². The lowest BCUT2D eigenvalue weighted by molar-refractivity contribution is 0.101. The van der Waals surface area contributed by atoms with Gasteiger partial charge < -0.3 is 0 Å². The van der Waals surface area contributed by atoms with Crippen molar-refractivity contribution < 1.29 is 13.2 Å². The molecule has 0 aliphatic heterocycles. The first-order valence-corrected chi connectivity index (χ1v) is 6.96. The van der Waals surface area contributed by atoms with Crippen molar-refractivity contribution in [1.82, 2.24) is 4.31 Å². The maximum atomic E-state index is 12.2. The molecule has 0 amide bonds. The Morgan fingerprint density at radius 3 is 2.53 bits per heavy atom. The third-order valence-corrected chi connectivity index (χ3v) is 4.88. The molecule has 0 N–H and O–H groups in total. The molecule has 92 valence electrons. The first kappa shape index (κ1) is 12.3. The fraction of sp³-hybridized carbons (Fsp3) is 0.417. The van der Waals surface area contributed by atoms with E-state index in [0.717, 1.165) is 12.8 Å². The molecular weight excluding hydrogens is 238 g/mol. The second kappa shape index (κ2) is 4.23. The van der Waals surface area contributed by atoms with Crippen LogP contribution in [0.4, 0.5) is 0 Å². The predicted molar refractivity (Wildman–Crippen MR) is 64.4 cm³/mol. The molecule has 0 heterocycles. The highest BCUT2D eigenvalue weighted by Crippen LogP contribution is 2.30. The molecule has 17 heavy (non-hydrogen) atoms. The zero-order valence-corrected chi connectivity index (χ0v) is 10.7. The van der Waals surface area contributed by atoms with Crippen LogP contribution in [-0.2, 0) is 10.0 Å². The van der Waals surface area contributed by atoms with Crippen LogP contribution in [0.15, 0.2) is 29.2 Å². The topological polar surface area (TPSA) is 54.5 Å². The van der Waals surface area contributed by atoms with E-state index in [9.17, 15) is 13.2 Å². The lowest BCUT2D eigenvalue weighted by atomic mass is 10.2. The molecule has 0 radical (unpaired) electrons. The summed E-state index contributed by atoms with van der Waals surface area (Å²) in [7, 11) is -1.86. The summed E-state index contributed by atoms with van der Waals surface area (Å²) in [5.74, 6) is -0.129. The number of benzene rings is 1. The largest absolute Gasteiger partial charge is 0.295 e. The Hall–Kier alpha value is -1.20. The minimum Gasteiger partial charge on any atom is -0.295 e. The fourth-order valence-corrected chi connectivity index (χ4v) is 3.14. The molecule has 1 aromatic carbocycles. The van der Waals surface area contributed by atoms with Gasteiger partial charge in [-0.05, 0) is 31.9 Å². The van der Waals surface area contributed by atoms with Crippen LogP contribution in [-0.4, -0.2) is 31.6 Å². The van der Waals surface area contributed by atoms with Crippen molar-refractivity contribution in [3.05, 3.63) is 29.8 Å². The first-order chi connectivity index (χ1) is 7.93. The van der Waals surface area contributed by atoms with Crippen molar-refractivity contribution in [2.75, 3.05) is 7.05 Å². The zero-order valence-electron chi connectivity index (χ0n) is 9.88. The van der Waals surface area contributed by atoms with Gasteiger partial charge in [-0.3, -0.25) is 4.79 Å². The van der Waals surface area contributed by atoms with Crippen molar-refractivity contribution >= 4 is 15.8 Å². The average molecular weight is 253 g/mol. The van der Waals surface area contributed by atoms with Gasteiger partial charge in [0.05, 0.1) is 4.90 Å². The summed E-state index contributed by atoms with van der Waals surface area (Å²) in [6.45, 7) is 1.43. The number of hydrogen-bond donors (Lipinski definition) is 0. The predicted octanol–water partition coefficient (Wildman–Crippen LogP) is 1.67. The molecular formula is C12H15NO3S. The number of Topliss-reactive ketones (excluding diaryl/α,β-unsaturated/α-hetero) is 1. The zero-order chi connectivity index (χ0) is 12.6. The molecule has 1 aromatic rings. The Morgan fingerprint density at radius 1 is 1.35 bits per heavy atom. The van der Waals surface area contributed by atoms with Crippen molar-refractivity contribution in [3.63, 3.8) is 0 Å². The van der Waals surface area contributed by atoms with Gasteiger partial charge in [0.2, 0.25) is 10.0 Å². The highest BCUT2D eigenvalue weighted by atomic mass is 32.2. The van der Waals surface area contributed by atoms with E-state index < -0.39 is 10.0 Å². The molecule has 0 bridgehead atoms. The molecule has 0 saturated heterocycles. The number of rotatable bonds is 4. The Morgan fingerprint density at radius 2 is 2.00 bits per heavy atom. The fourth-order valence-electron chi connectivity index (χ4n) is 1.68. The average Bonchev–Trinajstić information content (AvgIpc) is 3.12. The summed E-state index contributed by atoms with van der Waals surface area (Å²) in [6.07, 6.45) is 1.84. The van der Waals surface area contributed by atoms with Crippen LogP contribution in [0, 0.1) is 0 Å². The summed E-state index contributed by atoms with van der Waals surface area (Å²) in [5.41, 5.74) is 0.426. The van der Waals surface area contributed by atoms with E-state index in [2.05, 4.69) is 0 Å². The van der Waals surface area contributed by atoms with Crippen LogP contribution in [0.1, 0.15) is 30.1 Å². The number of carbonyl (C=O) groups is 1. The van der Waals surface area contributed by atoms with Crippen molar-refractivity contribution in [1.29, 1.82) is 0 Å². The van der Waals surface area contributed by atoms with Gasteiger partial charge in [-0.15, -0.1) is 0 Å². The highest BCUT2D eigenvalue weighted by molar-refractivity contribution is 7.89.